The normalized spacial score (nSPS) is 30.1. The molecule has 0 spiro atoms. The summed E-state index contributed by atoms with van der Waals surface area (Å²) in [5.74, 6) is 0.647. The first-order chi connectivity index (χ1) is 10.3. The van der Waals surface area contributed by atoms with Gasteiger partial charge in [-0.05, 0) is 36.4 Å². The zero-order chi connectivity index (χ0) is 14.7. The lowest BCUT2D eigenvalue weighted by molar-refractivity contribution is 0.00195. The van der Waals surface area contributed by atoms with Crippen molar-refractivity contribution in [2.45, 2.75) is 44.7 Å². The fraction of sp³-hybridized carbons (Fsp3) is 0.667. The molecule has 1 aromatic carbocycles. The summed E-state index contributed by atoms with van der Waals surface area (Å²) in [6, 6.07) is 10.1. The van der Waals surface area contributed by atoms with Gasteiger partial charge in [-0.3, -0.25) is 4.90 Å². The summed E-state index contributed by atoms with van der Waals surface area (Å²) >= 11 is 0. The van der Waals surface area contributed by atoms with Crippen LogP contribution in [0, 0.1) is 0 Å². The van der Waals surface area contributed by atoms with Gasteiger partial charge in [0, 0.05) is 25.2 Å². The Bertz CT molecular complexity index is 456. The smallest absolute Gasteiger partial charge is 0.0594 e. The highest BCUT2D eigenvalue weighted by atomic mass is 16.5. The van der Waals surface area contributed by atoms with Gasteiger partial charge in [0.15, 0.2) is 0 Å². The maximum absolute atomic E-state index is 5.54. The molecule has 1 fully saturated rings. The van der Waals surface area contributed by atoms with Crippen LogP contribution in [0.5, 0.6) is 0 Å². The number of nitrogens with zero attached hydrogens (tertiary/aromatic N) is 1. The van der Waals surface area contributed by atoms with E-state index in [2.05, 4.69) is 48.3 Å². The molecule has 1 N–H and O–H groups in total. The van der Waals surface area contributed by atoms with Crippen LogP contribution in [0.25, 0.3) is 0 Å². The van der Waals surface area contributed by atoms with Gasteiger partial charge in [-0.2, -0.15) is 0 Å². The highest BCUT2D eigenvalue weighted by Crippen LogP contribution is 2.39. The maximum atomic E-state index is 5.54. The lowest BCUT2D eigenvalue weighted by Crippen LogP contribution is -2.51. The Morgan fingerprint density at radius 1 is 1.19 bits per heavy atom. The SMILES string of the molecule is CCCNC1c2ccccc2C(C)CC1N1CCOCC1. The summed E-state index contributed by atoms with van der Waals surface area (Å²) < 4.78 is 5.54. The third kappa shape index (κ3) is 3.15. The van der Waals surface area contributed by atoms with Gasteiger partial charge in [0.2, 0.25) is 0 Å². The van der Waals surface area contributed by atoms with Gasteiger partial charge < -0.3 is 10.1 Å². The molecule has 1 heterocycles. The van der Waals surface area contributed by atoms with Gasteiger partial charge in [-0.15, -0.1) is 0 Å². The first-order valence-electron chi connectivity index (χ1n) is 8.45. The molecule has 3 atom stereocenters. The average molecular weight is 288 g/mol. The fourth-order valence-electron chi connectivity index (χ4n) is 3.89. The summed E-state index contributed by atoms with van der Waals surface area (Å²) in [5, 5.41) is 3.81. The second-order valence-electron chi connectivity index (χ2n) is 6.41. The highest BCUT2D eigenvalue weighted by molar-refractivity contribution is 5.36. The Labute approximate surface area is 128 Å². The van der Waals surface area contributed by atoms with Crippen molar-refractivity contribution in [2.24, 2.45) is 0 Å². The summed E-state index contributed by atoms with van der Waals surface area (Å²) in [4.78, 5) is 2.64. The molecule has 1 aliphatic heterocycles. The predicted molar refractivity (Wildman–Crippen MR) is 86.7 cm³/mol. The van der Waals surface area contributed by atoms with E-state index >= 15 is 0 Å². The quantitative estimate of drug-likeness (QED) is 0.922. The number of morpholine rings is 1. The molecular weight excluding hydrogens is 260 g/mol. The van der Waals surface area contributed by atoms with E-state index in [0.29, 0.717) is 18.0 Å². The molecule has 1 aromatic rings. The van der Waals surface area contributed by atoms with Crippen LogP contribution in [0.3, 0.4) is 0 Å². The molecule has 0 radical (unpaired) electrons. The van der Waals surface area contributed by atoms with E-state index in [-0.39, 0.29) is 0 Å². The standard InChI is InChI=1S/C18H28N2O/c1-3-8-19-18-16-7-5-4-6-15(16)14(2)13-17(18)20-9-11-21-12-10-20/h4-7,14,17-19H,3,8-13H2,1-2H3. The molecule has 21 heavy (non-hydrogen) atoms. The van der Waals surface area contributed by atoms with Gasteiger partial charge in [-0.25, -0.2) is 0 Å². The van der Waals surface area contributed by atoms with E-state index in [1.807, 2.05) is 0 Å². The minimum atomic E-state index is 0.468. The molecule has 116 valence electrons. The molecule has 0 amide bonds. The summed E-state index contributed by atoms with van der Waals surface area (Å²) in [6.45, 7) is 9.62. The molecule has 0 aromatic heterocycles. The second kappa shape index (κ2) is 6.91. The van der Waals surface area contributed by atoms with Crippen molar-refractivity contribution in [3.63, 3.8) is 0 Å². The van der Waals surface area contributed by atoms with E-state index in [0.717, 1.165) is 32.8 Å². The van der Waals surface area contributed by atoms with E-state index < -0.39 is 0 Å². The van der Waals surface area contributed by atoms with Crippen LogP contribution in [0.1, 0.15) is 49.8 Å². The van der Waals surface area contributed by atoms with Crippen molar-refractivity contribution >= 4 is 0 Å². The summed E-state index contributed by atoms with van der Waals surface area (Å²) in [5.41, 5.74) is 3.05. The molecule has 3 nitrogen and oxygen atoms in total. The summed E-state index contributed by atoms with van der Waals surface area (Å²) in [7, 11) is 0. The number of fused-ring (bicyclic) bond motifs is 1. The van der Waals surface area contributed by atoms with Crippen LogP contribution in [0.2, 0.25) is 0 Å². The Hall–Kier alpha value is -0.900. The average Bonchev–Trinajstić information content (AvgIpc) is 2.55. The van der Waals surface area contributed by atoms with Gasteiger partial charge in [-0.1, -0.05) is 38.1 Å². The molecule has 2 aliphatic rings. The fourth-order valence-corrected chi connectivity index (χ4v) is 3.89. The van der Waals surface area contributed by atoms with Crippen LogP contribution in [0.4, 0.5) is 0 Å². The van der Waals surface area contributed by atoms with Gasteiger partial charge in [0.1, 0.15) is 0 Å². The third-order valence-electron chi connectivity index (χ3n) is 4.97. The van der Waals surface area contributed by atoms with Crippen molar-refractivity contribution in [2.75, 3.05) is 32.8 Å². The topological polar surface area (TPSA) is 24.5 Å². The number of rotatable bonds is 4. The third-order valence-corrected chi connectivity index (χ3v) is 4.97. The number of benzene rings is 1. The number of ether oxygens (including phenoxy) is 1. The second-order valence-corrected chi connectivity index (χ2v) is 6.41. The van der Waals surface area contributed by atoms with E-state index in [1.54, 1.807) is 0 Å². The maximum Gasteiger partial charge on any atom is 0.0594 e. The zero-order valence-corrected chi connectivity index (χ0v) is 13.3. The van der Waals surface area contributed by atoms with Crippen LogP contribution in [-0.2, 0) is 4.74 Å². The lowest BCUT2D eigenvalue weighted by atomic mass is 9.77. The van der Waals surface area contributed by atoms with Crippen LogP contribution >= 0.6 is 0 Å². The van der Waals surface area contributed by atoms with Crippen molar-refractivity contribution < 1.29 is 4.74 Å². The van der Waals surface area contributed by atoms with Crippen molar-refractivity contribution in [3.8, 4) is 0 Å². The zero-order valence-electron chi connectivity index (χ0n) is 13.3. The molecule has 3 rings (SSSR count). The first-order valence-corrected chi connectivity index (χ1v) is 8.45. The van der Waals surface area contributed by atoms with Gasteiger partial charge in [0.25, 0.3) is 0 Å². The Morgan fingerprint density at radius 3 is 2.62 bits per heavy atom. The monoisotopic (exact) mass is 288 g/mol. The highest BCUT2D eigenvalue weighted by Gasteiger charge is 2.36. The van der Waals surface area contributed by atoms with Crippen LogP contribution in [0.15, 0.2) is 24.3 Å². The predicted octanol–water partition coefficient (Wildman–Crippen LogP) is 2.94. The number of hydrogen-bond acceptors (Lipinski definition) is 3. The molecule has 0 bridgehead atoms. The molecule has 3 heteroatoms. The summed E-state index contributed by atoms with van der Waals surface area (Å²) in [6.07, 6.45) is 2.43. The van der Waals surface area contributed by atoms with Crippen LogP contribution < -0.4 is 5.32 Å². The Morgan fingerprint density at radius 2 is 1.90 bits per heavy atom. The van der Waals surface area contributed by atoms with Crippen LogP contribution in [-0.4, -0.2) is 43.8 Å². The Kier molecular flexibility index (Phi) is 4.94. The van der Waals surface area contributed by atoms with Crippen molar-refractivity contribution in [1.29, 1.82) is 0 Å². The number of nitrogens with one attached hydrogen (secondary N) is 1. The molecule has 0 saturated carbocycles. The molecule has 3 unspecified atom stereocenters. The van der Waals surface area contributed by atoms with E-state index in [4.69, 9.17) is 4.74 Å². The van der Waals surface area contributed by atoms with Gasteiger partial charge >= 0.3 is 0 Å². The largest absolute Gasteiger partial charge is 0.379 e. The minimum Gasteiger partial charge on any atom is -0.379 e. The Balaban J connectivity index is 1.88. The van der Waals surface area contributed by atoms with Crippen molar-refractivity contribution in [3.05, 3.63) is 35.4 Å². The molecule has 1 aliphatic carbocycles. The van der Waals surface area contributed by atoms with E-state index in [1.165, 1.54) is 24.0 Å². The minimum absolute atomic E-state index is 0.468. The van der Waals surface area contributed by atoms with Gasteiger partial charge in [0.05, 0.1) is 13.2 Å². The molecule has 1 saturated heterocycles. The lowest BCUT2D eigenvalue weighted by Gasteiger charge is -2.44. The number of hydrogen-bond donors (Lipinski definition) is 1. The molecular formula is C18H28N2O. The van der Waals surface area contributed by atoms with Crippen molar-refractivity contribution in [1.82, 2.24) is 10.2 Å². The first kappa shape index (κ1) is 15.0. The van der Waals surface area contributed by atoms with E-state index in [9.17, 15) is 0 Å².